The first kappa shape index (κ1) is 21.9. The van der Waals surface area contributed by atoms with Crippen molar-refractivity contribution in [3.05, 3.63) is 41.5 Å². The summed E-state index contributed by atoms with van der Waals surface area (Å²) in [4.78, 5) is 14.1. The molecule has 4 rings (SSSR count). The lowest BCUT2D eigenvalue weighted by molar-refractivity contribution is -0.883. The Balaban J connectivity index is 1.64. The van der Waals surface area contributed by atoms with Gasteiger partial charge in [-0.1, -0.05) is 0 Å². The summed E-state index contributed by atoms with van der Waals surface area (Å²) in [7, 11) is -0.454. The molecular formula is C21H23N4O6S+. The predicted molar refractivity (Wildman–Crippen MR) is 114 cm³/mol. The van der Waals surface area contributed by atoms with Crippen molar-refractivity contribution in [2.24, 2.45) is 0 Å². The Labute approximate surface area is 185 Å². The number of benzene rings is 2. The SMILES string of the molecule is COc1ccc(C(=O)Nc2cc3c(cc2C#N)OCO3)cc1S(=O)(=O)N1CC[NH+](C)CC1. The zero-order valence-corrected chi connectivity index (χ0v) is 18.5. The van der Waals surface area contributed by atoms with Gasteiger partial charge in [0.2, 0.25) is 16.8 Å². The fourth-order valence-electron chi connectivity index (χ4n) is 3.60. The lowest BCUT2D eigenvalue weighted by atomic mass is 10.1. The number of hydrogen-bond acceptors (Lipinski definition) is 7. The molecule has 11 heteroatoms. The number of nitrogens with one attached hydrogen (secondary N) is 2. The van der Waals surface area contributed by atoms with Gasteiger partial charge in [-0.25, -0.2) is 8.42 Å². The van der Waals surface area contributed by atoms with E-state index in [9.17, 15) is 18.5 Å². The van der Waals surface area contributed by atoms with Crippen LogP contribution in [0.15, 0.2) is 35.2 Å². The van der Waals surface area contributed by atoms with Gasteiger partial charge >= 0.3 is 0 Å². The smallest absolute Gasteiger partial charge is 0.255 e. The fraction of sp³-hybridized carbons (Fsp3) is 0.333. The molecule has 2 aliphatic heterocycles. The number of nitriles is 1. The van der Waals surface area contributed by atoms with E-state index in [1.165, 1.54) is 46.6 Å². The number of amides is 1. The van der Waals surface area contributed by atoms with Gasteiger partial charge in [0, 0.05) is 17.7 Å². The highest BCUT2D eigenvalue weighted by molar-refractivity contribution is 7.89. The number of ether oxygens (including phenoxy) is 3. The third-order valence-electron chi connectivity index (χ3n) is 5.50. The molecule has 0 unspecified atom stereocenters. The number of anilines is 1. The summed E-state index contributed by atoms with van der Waals surface area (Å²) in [6.07, 6.45) is 0. The molecule has 2 aromatic rings. The molecule has 0 atom stereocenters. The highest BCUT2D eigenvalue weighted by atomic mass is 32.2. The summed E-state index contributed by atoms with van der Waals surface area (Å²) in [5.74, 6) is 0.428. The number of methoxy groups -OCH3 is 1. The highest BCUT2D eigenvalue weighted by Crippen LogP contribution is 2.37. The quantitative estimate of drug-likeness (QED) is 0.649. The normalized spacial score (nSPS) is 16.4. The van der Waals surface area contributed by atoms with E-state index in [1.54, 1.807) is 0 Å². The first-order valence-corrected chi connectivity index (χ1v) is 11.4. The van der Waals surface area contributed by atoms with E-state index in [2.05, 4.69) is 5.32 Å². The van der Waals surface area contributed by atoms with Crippen LogP contribution in [0.4, 0.5) is 5.69 Å². The highest BCUT2D eigenvalue weighted by Gasteiger charge is 2.32. The minimum atomic E-state index is -3.85. The van der Waals surface area contributed by atoms with Gasteiger partial charge in [-0.15, -0.1) is 0 Å². The Morgan fingerprint density at radius 1 is 1.19 bits per heavy atom. The van der Waals surface area contributed by atoms with Crippen LogP contribution in [0.2, 0.25) is 0 Å². The molecule has 0 radical (unpaired) electrons. The van der Waals surface area contributed by atoms with Gasteiger partial charge in [-0.3, -0.25) is 4.79 Å². The molecule has 1 amide bonds. The standard InChI is InChI=1S/C21H22N4O6S/c1-24-5-7-25(8-6-24)32(27,28)20-10-14(3-4-17(20)29-2)21(26)23-16-11-19-18(30-13-31-19)9-15(16)12-22/h3-4,9-11H,5-8,13H2,1-2H3,(H,23,26)/p+1. The monoisotopic (exact) mass is 459 g/mol. The maximum Gasteiger partial charge on any atom is 0.255 e. The third kappa shape index (κ3) is 4.08. The van der Waals surface area contributed by atoms with Crippen LogP contribution >= 0.6 is 0 Å². The molecule has 0 bridgehead atoms. The summed E-state index contributed by atoms with van der Waals surface area (Å²) >= 11 is 0. The number of sulfonamides is 1. The zero-order chi connectivity index (χ0) is 22.9. The molecule has 10 nitrogen and oxygen atoms in total. The molecule has 0 spiro atoms. The molecule has 2 aliphatic rings. The summed E-state index contributed by atoms with van der Waals surface area (Å²) < 4.78 is 43.8. The topological polar surface area (TPSA) is 122 Å². The largest absolute Gasteiger partial charge is 0.495 e. The summed E-state index contributed by atoms with van der Waals surface area (Å²) in [6.45, 7) is 2.20. The second-order valence-corrected chi connectivity index (χ2v) is 9.45. The number of hydrogen-bond donors (Lipinski definition) is 2. The molecule has 2 aromatic carbocycles. The van der Waals surface area contributed by atoms with Gasteiger partial charge in [0.05, 0.1) is 51.6 Å². The van der Waals surface area contributed by atoms with E-state index in [1.807, 2.05) is 13.1 Å². The van der Waals surface area contributed by atoms with Crippen LogP contribution in [0, 0.1) is 11.3 Å². The number of fused-ring (bicyclic) bond motifs is 1. The molecule has 168 valence electrons. The second-order valence-electron chi connectivity index (χ2n) is 7.54. The van der Waals surface area contributed by atoms with Crippen molar-refractivity contribution in [3.8, 4) is 23.3 Å². The number of carbonyl (C=O) groups is 1. The van der Waals surface area contributed by atoms with Crippen molar-refractivity contribution in [2.45, 2.75) is 4.90 Å². The Hall–Kier alpha value is -3.33. The molecule has 0 saturated carbocycles. The third-order valence-corrected chi connectivity index (χ3v) is 7.42. The van der Waals surface area contributed by atoms with Gasteiger partial charge in [0.15, 0.2) is 11.5 Å². The van der Waals surface area contributed by atoms with Gasteiger partial charge in [0.1, 0.15) is 16.7 Å². The average Bonchev–Trinajstić information content (AvgIpc) is 3.25. The van der Waals surface area contributed by atoms with Crippen LogP contribution in [0.3, 0.4) is 0 Å². The first-order valence-electron chi connectivity index (χ1n) is 9.98. The number of likely N-dealkylation sites (N-methyl/N-ethyl adjacent to an activating group) is 1. The molecule has 1 saturated heterocycles. The summed E-state index contributed by atoms with van der Waals surface area (Å²) in [5.41, 5.74) is 0.554. The fourth-order valence-corrected chi connectivity index (χ4v) is 5.22. The first-order chi connectivity index (χ1) is 15.3. The van der Waals surface area contributed by atoms with E-state index in [-0.39, 0.29) is 34.3 Å². The maximum absolute atomic E-state index is 13.3. The van der Waals surface area contributed by atoms with Gasteiger partial charge in [-0.2, -0.15) is 9.57 Å². The van der Waals surface area contributed by atoms with E-state index in [4.69, 9.17) is 14.2 Å². The summed E-state index contributed by atoms with van der Waals surface area (Å²) in [5, 5.41) is 12.1. The number of rotatable bonds is 5. The molecule has 2 N–H and O–H groups in total. The van der Waals surface area contributed by atoms with E-state index >= 15 is 0 Å². The number of nitrogens with zero attached hydrogens (tertiary/aromatic N) is 2. The van der Waals surface area contributed by atoms with E-state index < -0.39 is 15.9 Å². The van der Waals surface area contributed by atoms with Crippen molar-refractivity contribution < 1.29 is 32.3 Å². The number of quaternary nitrogens is 1. The molecule has 2 heterocycles. The minimum absolute atomic E-state index is 0.0328. The lowest BCUT2D eigenvalue weighted by Gasteiger charge is -2.29. The van der Waals surface area contributed by atoms with Crippen molar-refractivity contribution in [1.29, 1.82) is 5.26 Å². The van der Waals surface area contributed by atoms with Crippen LogP contribution < -0.4 is 24.4 Å². The van der Waals surface area contributed by atoms with E-state index in [0.29, 0.717) is 37.7 Å². The molecule has 32 heavy (non-hydrogen) atoms. The number of carbonyl (C=O) groups excluding carboxylic acids is 1. The Bertz CT molecular complexity index is 1200. The van der Waals surface area contributed by atoms with Crippen LogP contribution in [0.5, 0.6) is 17.2 Å². The minimum Gasteiger partial charge on any atom is -0.495 e. The van der Waals surface area contributed by atoms with Crippen LogP contribution in [-0.2, 0) is 10.0 Å². The average molecular weight is 460 g/mol. The lowest BCUT2D eigenvalue weighted by Crippen LogP contribution is -3.12. The zero-order valence-electron chi connectivity index (χ0n) is 17.7. The maximum atomic E-state index is 13.3. The van der Waals surface area contributed by atoms with Crippen LogP contribution in [0.25, 0.3) is 0 Å². The molecule has 0 aliphatic carbocycles. The van der Waals surface area contributed by atoms with Gasteiger partial charge in [-0.05, 0) is 18.2 Å². The van der Waals surface area contributed by atoms with Gasteiger partial charge < -0.3 is 24.4 Å². The van der Waals surface area contributed by atoms with Crippen molar-refractivity contribution >= 4 is 21.6 Å². The predicted octanol–water partition coefficient (Wildman–Crippen LogP) is 0.0669. The van der Waals surface area contributed by atoms with Crippen molar-refractivity contribution in [3.63, 3.8) is 0 Å². The molecule has 0 aromatic heterocycles. The number of piperazine rings is 1. The Morgan fingerprint density at radius 3 is 2.53 bits per heavy atom. The van der Waals surface area contributed by atoms with Crippen LogP contribution in [-0.4, -0.2) is 65.8 Å². The van der Waals surface area contributed by atoms with Crippen molar-refractivity contribution in [1.82, 2.24) is 4.31 Å². The van der Waals surface area contributed by atoms with E-state index in [0.717, 1.165) is 0 Å². The van der Waals surface area contributed by atoms with Crippen molar-refractivity contribution in [2.75, 3.05) is 52.4 Å². The molecule has 1 fully saturated rings. The summed E-state index contributed by atoms with van der Waals surface area (Å²) in [6, 6.07) is 9.22. The molecular weight excluding hydrogens is 436 g/mol. The second kappa shape index (κ2) is 8.66. The Morgan fingerprint density at radius 2 is 1.88 bits per heavy atom. The van der Waals surface area contributed by atoms with Gasteiger partial charge in [0.25, 0.3) is 5.91 Å². The Kier molecular flexibility index (Phi) is 5.92. The van der Waals surface area contributed by atoms with Crippen LogP contribution in [0.1, 0.15) is 15.9 Å².